The lowest BCUT2D eigenvalue weighted by molar-refractivity contribution is -0.134. The molecule has 0 heterocycles. The summed E-state index contributed by atoms with van der Waals surface area (Å²) in [5, 5.41) is 0. The first-order chi connectivity index (χ1) is 6.02. The lowest BCUT2D eigenvalue weighted by Crippen LogP contribution is -2.48. The summed E-state index contributed by atoms with van der Waals surface area (Å²) in [6.45, 7) is 0. The van der Waals surface area contributed by atoms with E-state index in [9.17, 15) is 4.79 Å². The number of nitrogens with two attached hydrogens (primary N) is 2. The van der Waals surface area contributed by atoms with Gasteiger partial charge in [0.15, 0.2) is 0 Å². The highest BCUT2D eigenvalue weighted by Crippen LogP contribution is 2.23. The summed E-state index contributed by atoms with van der Waals surface area (Å²) in [5.74, 6) is 0.271. The molecule has 0 bridgehead atoms. The SMILES string of the molecule is CN(C)C(=O)C1CC[C@H](N)[C@H](N)C1. The molecule has 76 valence electrons. The Labute approximate surface area is 79.3 Å². The first-order valence-electron chi connectivity index (χ1n) is 4.74. The van der Waals surface area contributed by atoms with Crippen molar-refractivity contribution in [1.29, 1.82) is 0 Å². The molecule has 1 saturated carbocycles. The number of hydrogen-bond acceptors (Lipinski definition) is 3. The minimum Gasteiger partial charge on any atom is -0.349 e. The van der Waals surface area contributed by atoms with Gasteiger partial charge < -0.3 is 16.4 Å². The molecule has 4 heteroatoms. The molecule has 1 aliphatic rings. The number of amides is 1. The molecule has 0 aromatic carbocycles. The van der Waals surface area contributed by atoms with Gasteiger partial charge >= 0.3 is 0 Å². The molecule has 1 rings (SSSR count). The second-order valence-corrected chi connectivity index (χ2v) is 4.07. The second kappa shape index (κ2) is 4.07. The summed E-state index contributed by atoms with van der Waals surface area (Å²) in [7, 11) is 3.56. The Hall–Kier alpha value is -0.610. The molecule has 1 amide bonds. The zero-order valence-electron chi connectivity index (χ0n) is 8.36. The number of nitrogens with zero attached hydrogens (tertiary/aromatic N) is 1. The highest BCUT2D eigenvalue weighted by Gasteiger charge is 2.30. The van der Waals surface area contributed by atoms with Gasteiger partial charge in [-0.2, -0.15) is 0 Å². The number of hydrogen-bond donors (Lipinski definition) is 2. The van der Waals surface area contributed by atoms with Crippen LogP contribution in [-0.4, -0.2) is 37.0 Å². The summed E-state index contributed by atoms with van der Waals surface area (Å²) in [4.78, 5) is 13.2. The maximum absolute atomic E-state index is 11.6. The van der Waals surface area contributed by atoms with Crippen LogP contribution in [0.3, 0.4) is 0 Å². The van der Waals surface area contributed by atoms with Crippen molar-refractivity contribution >= 4 is 5.91 Å². The largest absolute Gasteiger partial charge is 0.349 e. The molecule has 1 aliphatic carbocycles. The van der Waals surface area contributed by atoms with E-state index in [1.165, 1.54) is 0 Å². The minimum absolute atomic E-state index is 0.0114. The Morgan fingerprint density at radius 1 is 1.23 bits per heavy atom. The predicted molar refractivity (Wildman–Crippen MR) is 52.0 cm³/mol. The molecule has 4 nitrogen and oxygen atoms in total. The van der Waals surface area contributed by atoms with Crippen LogP contribution in [0.15, 0.2) is 0 Å². The van der Waals surface area contributed by atoms with Crippen molar-refractivity contribution in [3.63, 3.8) is 0 Å². The first-order valence-corrected chi connectivity index (χ1v) is 4.74. The Morgan fingerprint density at radius 3 is 2.31 bits per heavy atom. The van der Waals surface area contributed by atoms with Crippen molar-refractivity contribution < 1.29 is 4.79 Å². The van der Waals surface area contributed by atoms with E-state index in [1.54, 1.807) is 19.0 Å². The van der Waals surface area contributed by atoms with E-state index in [1.807, 2.05) is 0 Å². The first kappa shape index (κ1) is 10.5. The summed E-state index contributed by atoms with van der Waals surface area (Å²) >= 11 is 0. The topological polar surface area (TPSA) is 72.3 Å². The Balaban J connectivity index is 2.50. The lowest BCUT2D eigenvalue weighted by Gasteiger charge is -2.32. The molecular formula is C9H19N3O. The van der Waals surface area contributed by atoms with Crippen LogP contribution in [0.5, 0.6) is 0 Å². The van der Waals surface area contributed by atoms with Crippen molar-refractivity contribution in [3.05, 3.63) is 0 Å². The standard InChI is InChI=1S/C9H19N3O/c1-12(2)9(13)6-3-4-7(10)8(11)5-6/h6-8H,3-5,10-11H2,1-2H3/t6?,7-,8+/m0/s1. The van der Waals surface area contributed by atoms with E-state index < -0.39 is 0 Å². The van der Waals surface area contributed by atoms with Gasteiger partial charge in [-0.25, -0.2) is 0 Å². The smallest absolute Gasteiger partial charge is 0.225 e. The van der Waals surface area contributed by atoms with E-state index >= 15 is 0 Å². The molecule has 3 atom stereocenters. The molecule has 0 radical (unpaired) electrons. The third-order valence-corrected chi connectivity index (χ3v) is 2.75. The Kier molecular flexibility index (Phi) is 3.27. The average Bonchev–Trinajstić information content (AvgIpc) is 2.08. The second-order valence-electron chi connectivity index (χ2n) is 4.07. The molecule has 1 unspecified atom stereocenters. The van der Waals surface area contributed by atoms with Gasteiger partial charge in [0.25, 0.3) is 0 Å². The minimum atomic E-state index is -0.0114. The zero-order valence-corrected chi connectivity index (χ0v) is 8.36. The van der Waals surface area contributed by atoms with E-state index in [2.05, 4.69) is 0 Å². The fourth-order valence-corrected chi connectivity index (χ4v) is 1.82. The van der Waals surface area contributed by atoms with Crippen LogP contribution in [0.25, 0.3) is 0 Å². The van der Waals surface area contributed by atoms with Crippen LogP contribution in [-0.2, 0) is 4.79 Å². The van der Waals surface area contributed by atoms with E-state index in [-0.39, 0.29) is 23.9 Å². The third kappa shape index (κ3) is 2.42. The number of rotatable bonds is 1. The zero-order chi connectivity index (χ0) is 10.0. The van der Waals surface area contributed by atoms with Crippen LogP contribution in [0.2, 0.25) is 0 Å². The molecule has 0 aliphatic heterocycles. The fourth-order valence-electron chi connectivity index (χ4n) is 1.82. The van der Waals surface area contributed by atoms with Crippen LogP contribution >= 0.6 is 0 Å². The summed E-state index contributed by atoms with van der Waals surface area (Å²) < 4.78 is 0. The highest BCUT2D eigenvalue weighted by atomic mass is 16.2. The predicted octanol–water partition coefficient (Wildman–Crippen LogP) is -0.471. The van der Waals surface area contributed by atoms with Crippen molar-refractivity contribution in [2.24, 2.45) is 17.4 Å². The number of carbonyl (C=O) groups is 1. The summed E-state index contributed by atoms with van der Waals surface area (Å²) in [5.41, 5.74) is 11.6. The molecule has 1 fully saturated rings. The molecule has 0 spiro atoms. The molecule has 13 heavy (non-hydrogen) atoms. The van der Waals surface area contributed by atoms with Gasteiger partial charge in [0.2, 0.25) is 5.91 Å². The van der Waals surface area contributed by atoms with Gasteiger partial charge in [0.05, 0.1) is 0 Å². The number of carbonyl (C=O) groups excluding carboxylic acids is 1. The van der Waals surface area contributed by atoms with Crippen LogP contribution in [0.4, 0.5) is 0 Å². The highest BCUT2D eigenvalue weighted by molar-refractivity contribution is 5.78. The summed E-state index contributed by atoms with van der Waals surface area (Å²) in [6, 6.07) is 0.0638. The fraction of sp³-hybridized carbons (Fsp3) is 0.889. The van der Waals surface area contributed by atoms with Gasteiger partial charge in [0.1, 0.15) is 0 Å². The van der Waals surface area contributed by atoms with Crippen molar-refractivity contribution in [2.75, 3.05) is 14.1 Å². The lowest BCUT2D eigenvalue weighted by atomic mass is 9.82. The maximum atomic E-state index is 11.6. The normalized spacial score (nSPS) is 34.3. The molecule has 4 N–H and O–H groups in total. The molecule has 0 saturated heterocycles. The monoisotopic (exact) mass is 185 g/mol. The maximum Gasteiger partial charge on any atom is 0.225 e. The molecule has 0 aromatic rings. The van der Waals surface area contributed by atoms with Crippen LogP contribution < -0.4 is 11.5 Å². The van der Waals surface area contributed by atoms with Gasteiger partial charge in [0, 0.05) is 32.1 Å². The van der Waals surface area contributed by atoms with Gasteiger partial charge in [-0.1, -0.05) is 0 Å². The molecule has 0 aromatic heterocycles. The van der Waals surface area contributed by atoms with Gasteiger partial charge in [-0.15, -0.1) is 0 Å². The van der Waals surface area contributed by atoms with Gasteiger partial charge in [-0.05, 0) is 19.3 Å². The quantitative estimate of drug-likeness (QED) is 0.580. The van der Waals surface area contributed by atoms with E-state index in [0.29, 0.717) is 0 Å². The Morgan fingerprint density at radius 2 is 1.85 bits per heavy atom. The van der Waals surface area contributed by atoms with Crippen LogP contribution in [0, 0.1) is 5.92 Å². The molecular weight excluding hydrogens is 166 g/mol. The summed E-state index contributed by atoms with van der Waals surface area (Å²) in [6.07, 6.45) is 2.48. The van der Waals surface area contributed by atoms with Crippen molar-refractivity contribution in [1.82, 2.24) is 4.90 Å². The van der Waals surface area contributed by atoms with Crippen LogP contribution in [0.1, 0.15) is 19.3 Å². The van der Waals surface area contributed by atoms with Crippen molar-refractivity contribution in [2.45, 2.75) is 31.3 Å². The Bertz CT molecular complexity index is 193. The third-order valence-electron chi connectivity index (χ3n) is 2.75. The van der Waals surface area contributed by atoms with Gasteiger partial charge in [-0.3, -0.25) is 4.79 Å². The van der Waals surface area contributed by atoms with Crippen molar-refractivity contribution in [3.8, 4) is 0 Å². The van der Waals surface area contributed by atoms with E-state index in [0.717, 1.165) is 19.3 Å². The van der Waals surface area contributed by atoms with E-state index in [4.69, 9.17) is 11.5 Å². The average molecular weight is 185 g/mol.